The Bertz CT molecular complexity index is 257. The van der Waals surface area contributed by atoms with Gasteiger partial charge < -0.3 is 0 Å². The fourth-order valence-corrected chi connectivity index (χ4v) is 3.23. The molecule has 0 aromatic carbocycles. The van der Waals surface area contributed by atoms with E-state index in [-0.39, 0.29) is 0 Å². The molecule has 70 valence electrons. The molecule has 0 aromatic heterocycles. The second-order valence-corrected chi connectivity index (χ2v) is 6.39. The predicted molar refractivity (Wildman–Crippen MR) is 48.3 cm³/mol. The number of hydrogen-bond donors (Lipinski definition) is 0. The van der Waals surface area contributed by atoms with Crippen LogP contribution in [0.25, 0.3) is 31.3 Å². The molecule has 0 unspecified atom stereocenters. The van der Waals surface area contributed by atoms with E-state index in [1.807, 2.05) is 6.92 Å². The molecule has 0 aliphatic carbocycles. The van der Waals surface area contributed by atoms with Crippen LogP contribution in [0.1, 0.15) is 13.3 Å². The SMILES string of the molecule is CCC[Se](N=[N+]=[N-])(N=[N+]=[N-])N=[N+]=[N-]. The molecule has 0 aliphatic rings. The van der Waals surface area contributed by atoms with E-state index >= 15 is 0 Å². The normalized spacial score (nSPS) is 15.2. The quantitative estimate of drug-likeness (QED) is 0.304. The van der Waals surface area contributed by atoms with Gasteiger partial charge in [0.05, 0.1) is 0 Å². The zero-order chi connectivity index (χ0) is 10.2. The molecule has 0 saturated carbocycles. The van der Waals surface area contributed by atoms with E-state index in [2.05, 4.69) is 27.1 Å². The van der Waals surface area contributed by atoms with Crippen LogP contribution in [0.3, 0.4) is 0 Å². The van der Waals surface area contributed by atoms with Gasteiger partial charge >= 0.3 is 75.9 Å². The van der Waals surface area contributed by atoms with Crippen LogP contribution < -0.4 is 0 Å². The topological polar surface area (TPSA) is 146 Å². The van der Waals surface area contributed by atoms with Crippen LogP contribution in [0.4, 0.5) is 0 Å². The van der Waals surface area contributed by atoms with E-state index in [4.69, 9.17) is 16.6 Å². The van der Waals surface area contributed by atoms with Gasteiger partial charge in [-0.3, -0.25) is 0 Å². The van der Waals surface area contributed by atoms with Crippen LogP contribution in [0.5, 0.6) is 0 Å². The summed E-state index contributed by atoms with van der Waals surface area (Å²) in [5, 5.41) is 0.342. The Hall–Kier alpha value is -1.55. The third kappa shape index (κ3) is 3.57. The summed E-state index contributed by atoms with van der Waals surface area (Å²) in [5.41, 5.74) is 24.6. The first-order valence-corrected chi connectivity index (χ1v) is 6.75. The van der Waals surface area contributed by atoms with Crippen LogP contribution in [0.2, 0.25) is 5.32 Å². The average molecular weight is 248 g/mol. The van der Waals surface area contributed by atoms with Crippen LogP contribution >= 0.6 is 0 Å². The van der Waals surface area contributed by atoms with Crippen molar-refractivity contribution in [2.24, 2.45) is 12.4 Å². The fraction of sp³-hybridized carbons (Fsp3) is 1.00. The summed E-state index contributed by atoms with van der Waals surface area (Å²) in [6, 6.07) is 0. The molecule has 0 saturated heterocycles. The van der Waals surface area contributed by atoms with Gasteiger partial charge in [0.1, 0.15) is 0 Å². The molecule has 0 bridgehead atoms. The van der Waals surface area contributed by atoms with Gasteiger partial charge in [0.25, 0.3) is 0 Å². The Morgan fingerprint density at radius 3 is 1.62 bits per heavy atom. The summed E-state index contributed by atoms with van der Waals surface area (Å²) in [7, 11) is 0. The molecular formula is C3H7N9Se. The van der Waals surface area contributed by atoms with Gasteiger partial charge in [-0.05, 0) is 0 Å². The van der Waals surface area contributed by atoms with Crippen molar-refractivity contribution < 1.29 is 0 Å². The van der Waals surface area contributed by atoms with Crippen molar-refractivity contribution in [3.8, 4) is 0 Å². The monoisotopic (exact) mass is 249 g/mol. The van der Waals surface area contributed by atoms with E-state index in [1.54, 1.807) is 0 Å². The summed E-state index contributed by atoms with van der Waals surface area (Å²) in [5.74, 6) is 0. The molecule has 13 heavy (non-hydrogen) atoms. The van der Waals surface area contributed by atoms with E-state index in [9.17, 15) is 0 Å². The van der Waals surface area contributed by atoms with Crippen molar-refractivity contribution in [2.75, 3.05) is 0 Å². The summed E-state index contributed by atoms with van der Waals surface area (Å²) in [6.45, 7) is 1.82. The Labute approximate surface area is 76.5 Å². The molecule has 0 N–H and O–H groups in total. The van der Waals surface area contributed by atoms with Crippen molar-refractivity contribution in [3.05, 3.63) is 31.3 Å². The zero-order valence-corrected chi connectivity index (χ0v) is 8.56. The van der Waals surface area contributed by atoms with E-state index in [0.29, 0.717) is 11.7 Å². The van der Waals surface area contributed by atoms with E-state index in [1.165, 1.54) is 0 Å². The van der Waals surface area contributed by atoms with Crippen molar-refractivity contribution in [1.82, 2.24) is 0 Å². The average Bonchev–Trinajstić information content (AvgIpc) is 2.06. The molecule has 0 spiro atoms. The summed E-state index contributed by atoms with van der Waals surface area (Å²) in [4.78, 5) is 7.59. The van der Waals surface area contributed by atoms with Gasteiger partial charge in [-0.2, -0.15) is 0 Å². The number of azide groups is 1. The van der Waals surface area contributed by atoms with Gasteiger partial charge in [0.15, 0.2) is 0 Å². The third-order valence-electron chi connectivity index (χ3n) is 0.980. The molecule has 0 rings (SSSR count). The van der Waals surface area contributed by atoms with Crippen molar-refractivity contribution in [2.45, 2.75) is 18.7 Å². The van der Waals surface area contributed by atoms with Crippen LogP contribution in [0, 0.1) is 0 Å². The molecule has 9 nitrogen and oxygen atoms in total. The first-order chi connectivity index (χ1) is 6.24. The molecule has 0 aliphatic heterocycles. The van der Waals surface area contributed by atoms with E-state index in [0.717, 1.165) is 0 Å². The summed E-state index contributed by atoms with van der Waals surface area (Å²) >= 11 is -3.36. The van der Waals surface area contributed by atoms with Crippen molar-refractivity contribution in [1.29, 1.82) is 0 Å². The second kappa shape index (κ2) is 6.02. The molecule has 0 radical (unpaired) electrons. The second-order valence-electron chi connectivity index (χ2n) is 1.85. The molecule has 0 amide bonds. The maximum absolute atomic E-state index is 8.21. The fourth-order valence-electron chi connectivity index (χ4n) is 0.621. The molecule has 0 atom stereocenters. The Morgan fingerprint density at radius 2 is 1.38 bits per heavy atom. The van der Waals surface area contributed by atoms with Crippen molar-refractivity contribution in [3.63, 3.8) is 0 Å². The first kappa shape index (κ1) is 11.4. The van der Waals surface area contributed by atoms with Gasteiger partial charge in [0, 0.05) is 0 Å². The van der Waals surface area contributed by atoms with Crippen LogP contribution in [-0.4, -0.2) is 13.5 Å². The zero-order valence-electron chi connectivity index (χ0n) is 6.85. The molecule has 10 heteroatoms. The minimum absolute atomic E-state index is 0.342. The Balaban J connectivity index is 5.12. The van der Waals surface area contributed by atoms with Gasteiger partial charge in [-0.25, -0.2) is 0 Å². The third-order valence-corrected chi connectivity index (χ3v) is 5.09. The van der Waals surface area contributed by atoms with E-state index < -0.39 is 13.5 Å². The predicted octanol–water partition coefficient (Wildman–Crippen LogP) is 3.27. The molecule has 0 heterocycles. The standard InChI is InChI=1S/C3H7N9Se/c1-2-3-13(10-7-4,11-8-5)12-9-6/h2-3H2,1H3. The maximum atomic E-state index is 8.21. The van der Waals surface area contributed by atoms with Crippen LogP contribution in [-0.2, 0) is 0 Å². The summed E-state index contributed by atoms with van der Waals surface area (Å²) in [6.07, 6.45) is 0.636. The minimum atomic E-state index is -3.36. The molecule has 0 aromatic rings. The number of hydrogen-bond acceptors (Lipinski definition) is 3. The number of rotatable bonds is 5. The van der Waals surface area contributed by atoms with Crippen LogP contribution in [0.15, 0.2) is 12.4 Å². The first-order valence-electron chi connectivity index (χ1n) is 3.24. The Kier molecular flexibility index (Phi) is 5.30. The molecule has 0 fully saturated rings. The Morgan fingerprint density at radius 1 is 1.00 bits per heavy atom. The van der Waals surface area contributed by atoms with Crippen molar-refractivity contribution >= 4 is 13.5 Å². The van der Waals surface area contributed by atoms with Gasteiger partial charge in [0.2, 0.25) is 0 Å². The summed E-state index contributed by atoms with van der Waals surface area (Å²) < 4.78 is 9.96. The number of nitrogens with zero attached hydrogens (tertiary/aromatic N) is 9. The molecular weight excluding hydrogens is 241 g/mol. The van der Waals surface area contributed by atoms with Gasteiger partial charge in [-0.15, -0.1) is 0 Å². The van der Waals surface area contributed by atoms with Gasteiger partial charge in [-0.1, -0.05) is 0 Å².